The Balaban J connectivity index is 1.89. The zero-order valence-electron chi connectivity index (χ0n) is 11.5. The molecule has 0 saturated heterocycles. The fourth-order valence-corrected chi connectivity index (χ4v) is 3.39. The lowest BCUT2D eigenvalue weighted by atomic mass is 10.1. The van der Waals surface area contributed by atoms with Gasteiger partial charge in [-0.1, -0.05) is 18.2 Å². The number of rotatable bonds is 4. The number of anilines is 2. The predicted octanol–water partition coefficient (Wildman–Crippen LogP) is 4.51. The minimum atomic E-state index is 0.811. The van der Waals surface area contributed by atoms with Crippen LogP contribution in [0.15, 0.2) is 53.9 Å². The molecule has 102 valence electrons. The first-order chi connectivity index (χ1) is 9.78. The van der Waals surface area contributed by atoms with E-state index in [1.54, 1.807) is 0 Å². The van der Waals surface area contributed by atoms with E-state index < -0.39 is 0 Å². The van der Waals surface area contributed by atoms with Crippen molar-refractivity contribution in [1.82, 2.24) is 0 Å². The smallest absolute Gasteiger partial charge is 0.0443 e. The van der Waals surface area contributed by atoms with Crippen molar-refractivity contribution in [2.45, 2.75) is 13.5 Å². The molecule has 2 nitrogen and oxygen atoms in total. The molecule has 0 amide bonds. The van der Waals surface area contributed by atoms with Crippen molar-refractivity contribution in [3.8, 4) is 0 Å². The molecule has 0 unspecified atom stereocenters. The molecule has 20 heavy (non-hydrogen) atoms. The summed E-state index contributed by atoms with van der Waals surface area (Å²) in [6, 6.07) is 16.7. The molecule has 1 heterocycles. The Morgan fingerprint density at radius 1 is 1.05 bits per heavy atom. The highest BCUT2D eigenvalue weighted by Crippen LogP contribution is 2.28. The predicted molar refractivity (Wildman–Crippen MR) is 89.4 cm³/mol. The molecule has 0 aliphatic heterocycles. The van der Waals surface area contributed by atoms with Crippen molar-refractivity contribution < 1.29 is 0 Å². The highest BCUT2D eigenvalue weighted by Gasteiger charge is 2.09. The Hall–Kier alpha value is -2.00. The lowest BCUT2D eigenvalue weighted by Gasteiger charge is -2.23. The van der Waals surface area contributed by atoms with Crippen molar-refractivity contribution in [3.05, 3.63) is 59.5 Å². The minimum absolute atomic E-state index is 0.811. The summed E-state index contributed by atoms with van der Waals surface area (Å²) in [5, 5.41) is 3.64. The van der Waals surface area contributed by atoms with E-state index in [1.807, 2.05) is 23.5 Å². The van der Waals surface area contributed by atoms with Crippen molar-refractivity contribution in [1.29, 1.82) is 0 Å². The first-order valence-electron chi connectivity index (χ1n) is 6.83. The third kappa shape index (κ3) is 2.49. The fraction of sp³-hybridized carbons (Fsp3) is 0.176. The van der Waals surface area contributed by atoms with Gasteiger partial charge in [-0.15, -0.1) is 11.3 Å². The van der Waals surface area contributed by atoms with Gasteiger partial charge in [0.05, 0.1) is 0 Å². The highest BCUT2D eigenvalue weighted by atomic mass is 32.1. The molecule has 0 fully saturated rings. The van der Waals surface area contributed by atoms with Crippen LogP contribution in [0.5, 0.6) is 0 Å². The van der Waals surface area contributed by atoms with Gasteiger partial charge in [0.2, 0.25) is 0 Å². The molecular weight excluding hydrogens is 264 g/mol. The lowest BCUT2D eigenvalue weighted by Crippen LogP contribution is -2.21. The molecule has 3 aromatic rings. The summed E-state index contributed by atoms with van der Waals surface area (Å²) in [7, 11) is 0. The SMILES string of the molecule is CCN(Cc1csc2ccccc12)c1ccc(N)cc1. The highest BCUT2D eigenvalue weighted by molar-refractivity contribution is 7.17. The summed E-state index contributed by atoms with van der Waals surface area (Å²) in [4.78, 5) is 2.37. The van der Waals surface area contributed by atoms with Crippen LogP contribution >= 0.6 is 11.3 Å². The number of nitrogens with zero attached hydrogens (tertiary/aromatic N) is 1. The zero-order chi connectivity index (χ0) is 13.9. The second-order valence-corrected chi connectivity index (χ2v) is 5.77. The van der Waals surface area contributed by atoms with Gasteiger partial charge in [0, 0.05) is 29.2 Å². The molecule has 0 bridgehead atoms. The fourth-order valence-electron chi connectivity index (χ4n) is 2.43. The number of hydrogen-bond donors (Lipinski definition) is 1. The number of hydrogen-bond acceptors (Lipinski definition) is 3. The van der Waals surface area contributed by atoms with Crippen LogP contribution in [0.25, 0.3) is 10.1 Å². The summed E-state index contributed by atoms with van der Waals surface area (Å²) >= 11 is 1.82. The Morgan fingerprint density at radius 2 is 1.80 bits per heavy atom. The average molecular weight is 282 g/mol. The minimum Gasteiger partial charge on any atom is -0.399 e. The van der Waals surface area contributed by atoms with Crippen molar-refractivity contribution >= 4 is 32.8 Å². The Bertz CT molecular complexity index is 700. The molecule has 3 rings (SSSR count). The summed E-state index contributed by atoms with van der Waals surface area (Å²) < 4.78 is 1.36. The zero-order valence-corrected chi connectivity index (χ0v) is 12.4. The Kier molecular flexibility index (Phi) is 3.61. The van der Waals surface area contributed by atoms with Crippen LogP contribution in [-0.4, -0.2) is 6.54 Å². The number of nitrogen functional groups attached to an aromatic ring is 1. The molecule has 0 aliphatic rings. The Morgan fingerprint density at radius 3 is 2.55 bits per heavy atom. The van der Waals surface area contributed by atoms with Gasteiger partial charge in [-0.2, -0.15) is 0 Å². The van der Waals surface area contributed by atoms with E-state index in [1.165, 1.54) is 21.3 Å². The number of thiophene rings is 1. The van der Waals surface area contributed by atoms with Gasteiger partial charge >= 0.3 is 0 Å². The quantitative estimate of drug-likeness (QED) is 0.713. The number of nitrogens with two attached hydrogens (primary N) is 1. The van der Waals surface area contributed by atoms with Gasteiger partial charge in [0.1, 0.15) is 0 Å². The summed E-state index contributed by atoms with van der Waals surface area (Å²) in [6.07, 6.45) is 0. The van der Waals surface area contributed by atoms with E-state index in [0.29, 0.717) is 0 Å². The summed E-state index contributed by atoms with van der Waals surface area (Å²) in [5.41, 5.74) is 9.19. The Labute approximate surface area is 123 Å². The molecule has 1 aromatic heterocycles. The van der Waals surface area contributed by atoms with Crippen LogP contribution in [-0.2, 0) is 6.54 Å². The van der Waals surface area contributed by atoms with Gasteiger partial charge in [-0.05, 0) is 53.6 Å². The van der Waals surface area contributed by atoms with Gasteiger partial charge < -0.3 is 10.6 Å². The number of benzene rings is 2. The van der Waals surface area contributed by atoms with Crippen LogP contribution in [0.2, 0.25) is 0 Å². The van der Waals surface area contributed by atoms with Gasteiger partial charge in [-0.3, -0.25) is 0 Å². The summed E-state index contributed by atoms with van der Waals surface area (Å²) in [5.74, 6) is 0. The van der Waals surface area contributed by atoms with E-state index in [2.05, 4.69) is 53.6 Å². The first kappa shape index (κ1) is 13.0. The topological polar surface area (TPSA) is 29.3 Å². The second-order valence-electron chi connectivity index (χ2n) is 4.86. The lowest BCUT2D eigenvalue weighted by molar-refractivity contribution is 0.838. The third-order valence-corrected chi connectivity index (χ3v) is 4.57. The van der Waals surface area contributed by atoms with Gasteiger partial charge in [-0.25, -0.2) is 0 Å². The molecule has 3 heteroatoms. The average Bonchev–Trinajstić information content (AvgIpc) is 2.89. The third-order valence-electron chi connectivity index (χ3n) is 3.56. The van der Waals surface area contributed by atoms with Crippen LogP contribution in [0.1, 0.15) is 12.5 Å². The van der Waals surface area contributed by atoms with E-state index in [0.717, 1.165) is 18.8 Å². The molecular formula is C17H18N2S. The van der Waals surface area contributed by atoms with Crippen LogP contribution < -0.4 is 10.6 Å². The maximum absolute atomic E-state index is 5.76. The van der Waals surface area contributed by atoms with E-state index >= 15 is 0 Å². The van der Waals surface area contributed by atoms with Gasteiger partial charge in [0.25, 0.3) is 0 Å². The largest absolute Gasteiger partial charge is 0.399 e. The first-order valence-corrected chi connectivity index (χ1v) is 7.71. The monoisotopic (exact) mass is 282 g/mol. The summed E-state index contributed by atoms with van der Waals surface area (Å²) in [6.45, 7) is 4.10. The molecule has 2 N–H and O–H groups in total. The van der Waals surface area contributed by atoms with E-state index in [-0.39, 0.29) is 0 Å². The van der Waals surface area contributed by atoms with Crippen molar-refractivity contribution in [2.75, 3.05) is 17.2 Å². The molecule has 0 aliphatic carbocycles. The van der Waals surface area contributed by atoms with Gasteiger partial charge in [0.15, 0.2) is 0 Å². The maximum atomic E-state index is 5.76. The molecule has 0 radical (unpaired) electrons. The molecule has 0 atom stereocenters. The molecule has 2 aromatic carbocycles. The standard InChI is InChI=1S/C17H18N2S/c1-2-19(15-9-7-14(18)8-10-15)11-13-12-20-17-6-4-3-5-16(13)17/h3-10,12H,2,11,18H2,1H3. The maximum Gasteiger partial charge on any atom is 0.0443 e. The normalized spacial score (nSPS) is 10.8. The van der Waals surface area contributed by atoms with Crippen molar-refractivity contribution in [3.63, 3.8) is 0 Å². The van der Waals surface area contributed by atoms with Crippen LogP contribution in [0, 0.1) is 0 Å². The van der Waals surface area contributed by atoms with E-state index in [9.17, 15) is 0 Å². The number of fused-ring (bicyclic) bond motifs is 1. The van der Waals surface area contributed by atoms with Crippen LogP contribution in [0.4, 0.5) is 11.4 Å². The van der Waals surface area contributed by atoms with E-state index in [4.69, 9.17) is 5.73 Å². The van der Waals surface area contributed by atoms with Crippen LogP contribution in [0.3, 0.4) is 0 Å². The second kappa shape index (κ2) is 5.55. The van der Waals surface area contributed by atoms with Crippen molar-refractivity contribution in [2.24, 2.45) is 0 Å². The molecule has 0 saturated carbocycles. The molecule has 0 spiro atoms.